The third-order valence-electron chi connectivity index (χ3n) is 2.63. The molecule has 5 N–H and O–H groups in total. The van der Waals surface area contributed by atoms with E-state index in [-0.39, 0.29) is 5.75 Å². The summed E-state index contributed by atoms with van der Waals surface area (Å²) in [4.78, 5) is 0. The van der Waals surface area contributed by atoms with Gasteiger partial charge in [-0.25, -0.2) is 0 Å². The lowest BCUT2D eigenvalue weighted by molar-refractivity contribution is 0.477. The highest BCUT2D eigenvalue weighted by Crippen LogP contribution is 2.34. The quantitative estimate of drug-likeness (QED) is 0.639. The molecule has 0 atom stereocenters. The van der Waals surface area contributed by atoms with E-state index < -0.39 is 0 Å². The Hall–Kier alpha value is -2.16. The first-order valence-electron chi connectivity index (χ1n) is 5.03. The van der Waals surface area contributed by atoms with Crippen LogP contribution in [0.4, 0.5) is 11.4 Å². The summed E-state index contributed by atoms with van der Waals surface area (Å²) in [5.41, 5.74) is 15.2. The largest absolute Gasteiger partial charge is 0.507 e. The molecule has 2 rings (SSSR count). The van der Waals surface area contributed by atoms with Gasteiger partial charge in [0.25, 0.3) is 0 Å². The summed E-state index contributed by atoms with van der Waals surface area (Å²) < 4.78 is 0. The van der Waals surface area contributed by atoms with Crippen LogP contribution in [0.1, 0.15) is 5.56 Å². The minimum Gasteiger partial charge on any atom is -0.507 e. The second-order valence-electron chi connectivity index (χ2n) is 3.81. The van der Waals surface area contributed by atoms with Gasteiger partial charge in [0.1, 0.15) is 5.75 Å². The number of aromatic hydroxyl groups is 1. The van der Waals surface area contributed by atoms with Crippen LogP contribution in [0.3, 0.4) is 0 Å². The van der Waals surface area contributed by atoms with Gasteiger partial charge in [0.15, 0.2) is 0 Å². The summed E-state index contributed by atoms with van der Waals surface area (Å²) in [6, 6.07) is 10.8. The molecule has 2 aromatic rings. The van der Waals surface area contributed by atoms with Crippen molar-refractivity contribution in [3.63, 3.8) is 0 Å². The van der Waals surface area contributed by atoms with E-state index in [2.05, 4.69) is 0 Å². The van der Waals surface area contributed by atoms with Crippen molar-refractivity contribution in [3.05, 3.63) is 42.0 Å². The first kappa shape index (κ1) is 10.4. The summed E-state index contributed by atoms with van der Waals surface area (Å²) in [6.45, 7) is 1.95. The lowest BCUT2D eigenvalue weighted by atomic mass is 9.99. The Kier molecular flexibility index (Phi) is 2.44. The Morgan fingerprint density at radius 3 is 2.38 bits per heavy atom. The zero-order chi connectivity index (χ0) is 11.7. The molecule has 0 radical (unpaired) electrons. The molecule has 0 unspecified atom stereocenters. The Balaban J connectivity index is 2.63. The lowest BCUT2D eigenvalue weighted by Gasteiger charge is -2.10. The molecular formula is C13H14N2O. The third kappa shape index (κ3) is 1.67. The van der Waals surface area contributed by atoms with Gasteiger partial charge in [0.2, 0.25) is 0 Å². The average molecular weight is 214 g/mol. The molecule has 16 heavy (non-hydrogen) atoms. The van der Waals surface area contributed by atoms with Crippen LogP contribution in [0.2, 0.25) is 0 Å². The fraction of sp³-hybridized carbons (Fsp3) is 0.0769. The summed E-state index contributed by atoms with van der Waals surface area (Å²) in [5, 5.41) is 9.83. The summed E-state index contributed by atoms with van der Waals surface area (Å²) >= 11 is 0. The Morgan fingerprint density at radius 1 is 1.00 bits per heavy atom. The summed E-state index contributed by atoms with van der Waals surface area (Å²) in [7, 11) is 0. The van der Waals surface area contributed by atoms with Crippen LogP contribution in [0.25, 0.3) is 11.1 Å². The average Bonchev–Trinajstić information content (AvgIpc) is 2.23. The highest BCUT2D eigenvalue weighted by molar-refractivity contribution is 5.79. The van der Waals surface area contributed by atoms with E-state index in [1.54, 1.807) is 18.2 Å². The molecule has 0 aliphatic heterocycles. The van der Waals surface area contributed by atoms with Gasteiger partial charge < -0.3 is 16.6 Å². The van der Waals surface area contributed by atoms with Crippen molar-refractivity contribution in [1.29, 1.82) is 0 Å². The molecule has 0 aliphatic carbocycles. The number of hydrogen-bond donors (Lipinski definition) is 3. The third-order valence-corrected chi connectivity index (χ3v) is 2.63. The maximum atomic E-state index is 9.83. The number of phenolic OH excluding ortho intramolecular Hbond substituents is 1. The van der Waals surface area contributed by atoms with E-state index in [9.17, 15) is 5.11 Å². The highest BCUT2D eigenvalue weighted by Gasteiger charge is 2.08. The molecule has 0 aliphatic rings. The van der Waals surface area contributed by atoms with E-state index in [0.717, 1.165) is 16.7 Å². The molecule has 3 nitrogen and oxygen atoms in total. The van der Waals surface area contributed by atoms with Crippen LogP contribution in [0.15, 0.2) is 36.4 Å². The van der Waals surface area contributed by atoms with Crippen molar-refractivity contribution < 1.29 is 5.11 Å². The van der Waals surface area contributed by atoms with Crippen molar-refractivity contribution in [2.24, 2.45) is 0 Å². The van der Waals surface area contributed by atoms with Gasteiger partial charge in [0, 0.05) is 5.56 Å². The SMILES string of the molecule is Cc1cccc(O)c1-c1ccc(N)c(N)c1. The summed E-state index contributed by atoms with van der Waals surface area (Å²) in [6.07, 6.45) is 0. The molecule has 0 amide bonds. The topological polar surface area (TPSA) is 72.3 Å². The maximum absolute atomic E-state index is 9.83. The van der Waals surface area contributed by atoms with Gasteiger partial charge >= 0.3 is 0 Å². The molecule has 3 heteroatoms. The number of rotatable bonds is 1. The molecule has 0 fully saturated rings. The second-order valence-corrected chi connectivity index (χ2v) is 3.81. The molecule has 0 bridgehead atoms. The summed E-state index contributed by atoms with van der Waals surface area (Å²) in [5.74, 6) is 0.254. The van der Waals surface area contributed by atoms with Crippen molar-refractivity contribution >= 4 is 11.4 Å². The first-order chi connectivity index (χ1) is 7.59. The van der Waals surface area contributed by atoms with Crippen LogP contribution >= 0.6 is 0 Å². The Morgan fingerprint density at radius 2 is 1.75 bits per heavy atom. The number of hydrogen-bond acceptors (Lipinski definition) is 3. The number of anilines is 2. The van der Waals surface area contributed by atoms with Crippen molar-refractivity contribution in [3.8, 4) is 16.9 Å². The van der Waals surface area contributed by atoms with E-state index in [4.69, 9.17) is 11.5 Å². The predicted molar refractivity (Wildman–Crippen MR) is 67.1 cm³/mol. The van der Waals surface area contributed by atoms with Crippen molar-refractivity contribution in [2.75, 3.05) is 11.5 Å². The minimum atomic E-state index is 0.254. The number of phenols is 1. The van der Waals surface area contributed by atoms with E-state index in [0.29, 0.717) is 11.4 Å². The van der Waals surface area contributed by atoms with Crippen LogP contribution in [-0.2, 0) is 0 Å². The molecular weight excluding hydrogens is 200 g/mol. The Bertz CT molecular complexity index is 515. The van der Waals surface area contributed by atoms with Crippen LogP contribution < -0.4 is 11.5 Å². The van der Waals surface area contributed by atoms with Gasteiger partial charge in [0.05, 0.1) is 11.4 Å². The standard InChI is InChI=1S/C13H14N2O/c1-8-3-2-4-12(16)13(8)9-5-6-10(14)11(15)7-9/h2-7,16H,14-15H2,1H3. The fourth-order valence-corrected chi connectivity index (χ4v) is 1.76. The second kappa shape index (κ2) is 3.77. The molecule has 0 aromatic heterocycles. The lowest BCUT2D eigenvalue weighted by Crippen LogP contribution is -1.95. The van der Waals surface area contributed by atoms with Crippen LogP contribution in [0, 0.1) is 6.92 Å². The zero-order valence-corrected chi connectivity index (χ0v) is 9.07. The predicted octanol–water partition coefficient (Wildman–Crippen LogP) is 2.53. The van der Waals surface area contributed by atoms with Gasteiger partial charge in [-0.15, -0.1) is 0 Å². The van der Waals surface area contributed by atoms with Crippen molar-refractivity contribution in [2.45, 2.75) is 6.92 Å². The fourth-order valence-electron chi connectivity index (χ4n) is 1.76. The van der Waals surface area contributed by atoms with Gasteiger partial charge in [-0.3, -0.25) is 0 Å². The number of nitrogen functional groups attached to an aromatic ring is 2. The number of benzene rings is 2. The van der Waals surface area contributed by atoms with Gasteiger partial charge in [-0.05, 0) is 36.2 Å². The monoisotopic (exact) mass is 214 g/mol. The van der Waals surface area contributed by atoms with Gasteiger partial charge in [-0.2, -0.15) is 0 Å². The van der Waals surface area contributed by atoms with Crippen LogP contribution in [-0.4, -0.2) is 5.11 Å². The highest BCUT2D eigenvalue weighted by atomic mass is 16.3. The maximum Gasteiger partial charge on any atom is 0.123 e. The molecule has 0 spiro atoms. The van der Waals surface area contributed by atoms with Crippen molar-refractivity contribution in [1.82, 2.24) is 0 Å². The van der Waals surface area contributed by atoms with E-state index in [1.807, 2.05) is 25.1 Å². The Labute approximate surface area is 94.3 Å². The van der Waals surface area contributed by atoms with Gasteiger partial charge in [-0.1, -0.05) is 18.2 Å². The number of aryl methyl sites for hydroxylation is 1. The molecule has 0 heterocycles. The van der Waals surface area contributed by atoms with Crippen LogP contribution in [0.5, 0.6) is 5.75 Å². The van der Waals surface area contributed by atoms with E-state index in [1.165, 1.54) is 0 Å². The zero-order valence-electron chi connectivity index (χ0n) is 9.07. The smallest absolute Gasteiger partial charge is 0.123 e. The molecule has 2 aromatic carbocycles. The van der Waals surface area contributed by atoms with E-state index >= 15 is 0 Å². The normalized spacial score (nSPS) is 10.3. The minimum absolute atomic E-state index is 0.254. The molecule has 0 saturated heterocycles. The molecule has 0 saturated carbocycles. The number of nitrogens with two attached hydrogens (primary N) is 2. The molecule has 82 valence electrons. The first-order valence-corrected chi connectivity index (χ1v) is 5.03.